The third kappa shape index (κ3) is 2.46. The van der Waals surface area contributed by atoms with Crippen molar-refractivity contribution in [3.63, 3.8) is 0 Å². The number of aromatic nitrogens is 1. The summed E-state index contributed by atoms with van der Waals surface area (Å²) < 4.78 is 15.1. The maximum Gasteiger partial charge on any atom is 0.123 e. The number of hydrogen-bond donors (Lipinski definition) is 1. The summed E-state index contributed by atoms with van der Waals surface area (Å²) in [7, 11) is 0. The highest BCUT2D eigenvalue weighted by atomic mass is 19.1. The molecule has 0 spiro atoms. The van der Waals surface area contributed by atoms with Gasteiger partial charge in [0.25, 0.3) is 0 Å². The van der Waals surface area contributed by atoms with E-state index in [0.717, 1.165) is 18.8 Å². The van der Waals surface area contributed by atoms with Crippen LogP contribution in [0, 0.1) is 19.7 Å². The minimum absolute atomic E-state index is 0.200. The molecule has 0 unspecified atom stereocenters. The molecule has 0 aliphatic rings. The van der Waals surface area contributed by atoms with Crippen molar-refractivity contribution in [2.75, 3.05) is 6.54 Å². The van der Waals surface area contributed by atoms with E-state index in [1.807, 2.05) is 12.1 Å². The first-order valence-electron chi connectivity index (χ1n) is 6.28. The predicted octanol–water partition coefficient (Wildman–Crippen LogP) is 3.34. The molecule has 3 heteroatoms. The molecule has 2 nitrogen and oxygen atoms in total. The van der Waals surface area contributed by atoms with Crippen LogP contribution in [0.5, 0.6) is 0 Å². The van der Waals surface area contributed by atoms with Gasteiger partial charge >= 0.3 is 0 Å². The van der Waals surface area contributed by atoms with Gasteiger partial charge < -0.3 is 9.88 Å². The van der Waals surface area contributed by atoms with Crippen molar-refractivity contribution in [1.82, 2.24) is 9.88 Å². The lowest BCUT2D eigenvalue weighted by Gasteiger charge is -2.10. The summed E-state index contributed by atoms with van der Waals surface area (Å²) in [5.41, 5.74) is 4.68. The van der Waals surface area contributed by atoms with Gasteiger partial charge in [0, 0.05) is 23.6 Å². The van der Waals surface area contributed by atoms with Gasteiger partial charge in [-0.1, -0.05) is 6.92 Å². The monoisotopic (exact) mass is 246 g/mol. The Morgan fingerprint density at radius 3 is 2.44 bits per heavy atom. The average molecular weight is 246 g/mol. The Morgan fingerprint density at radius 1 is 1.17 bits per heavy atom. The molecular weight excluding hydrogens is 227 g/mol. The van der Waals surface area contributed by atoms with Crippen molar-refractivity contribution in [3.8, 4) is 5.69 Å². The van der Waals surface area contributed by atoms with Crippen LogP contribution in [0.15, 0.2) is 30.3 Å². The highest BCUT2D eigenvalue weighted by Crippen LogP contribution is 2.20. The largest absolute Gasteiger partial charge is 0.318 e. The Kier molecular flexibility index (Phi) is 3.82. The van der Waals surface area contributed by atoms with E-state index in [1.165, 1.54) is 29.1 Å². The molecule has 2 rings (SSSR count). The Balaban J connectivity index is 2.38. The maximum atomic E-state index is 13.0. The molecule has 0 fully saturated rings. The summed E-state index contributed by atoms with van der Waals surface area (Å²) >= 11 is 0. The molecule has 0 saturated heterocycles. The highest BCUT2D eigenvalue weighted by molar-refractivity contribution is 5.41. The van der Waals surface area contributed by atoms with E-state index in [0.29, 0.717) is 0 Å². The summed E-state index contributed by atoms with van der Waals surface area (Å²) in [6.45, 7) is 8.10. The van der Waals surface area contributed by atoms with Crippen molar-refractivity contribution in [1.29, 1.82) is 0 Å². The number of nitrogens with zero attached hydrogens (tertiary/aromatic N) is 1. The highest BCUT2D eigenvalue weighted by Gasteiger charge is 2.10. The van der Waals surface area contributed by atoms with Crippen molar-refractivity contribution < 1.29 is 4.39 Å². The van der Waals surface area contributed by atoms with E-state index in [-0.39, 0.29) is 5.82 Å². The zero-order valence-corrected chi connectivity index (χ0v) is 11.1. The molecule has 1 aromatic carbocycles. The summed E-state index contributed by atoms with van der Waals surface area (Å²) in [4.78, 5) is 0. The van der Waals surface area contributed by atoms with Crippen molar-refractivity contribution in [3.05, 3.63) is 53.1 Å². The molecule has 2 aromatic rings. The van der Waals surface area contributed by atoms with Crippen LogP contribution in [-0.2, 0) is 6.54 Å². The second-order valence-corrected chi connectivity index (χ2v) is 4.49. The standard InChI is InChI=1S/C15H19FN2/c1-4-17-10-13-9-11(2)18(12(13)3)15-7-5-14(16)6-8-15/h5-9,17H,4,10H2,1-3H3. The second-order valence-electron chi connectivity index (χ2n) is 4.49. The van der Waals surface area contributed by atoms with E-state index < -0.39 is 0 Å². The Hall–Kier alpha value is -1.61. The second kappa shape index (κ2) is 5.36. The third-order valence-corrected chi connectivity index (χ3v) is 3.19. The fourth-order valence-electron chi connectivity index (χ4n) is 2.26. The molecule has 18 heavy (non-hydrogen) atoms. The smallest absolute Gasteiger partial charge is 0.123 e. The summed E-state index contributed by atoms with van der Waals surface area (Å²) in [6.07, 6.45) is 0. The molecule has 1 heterocycles. The lowest BCUT2D eigenvalue weighted by molar-refractivity contribution is 0.627. The van der Waals surface area contributed by atoms with Crippen LogP contribution in [0.3, 0.4) is 0 Å². The first-order valence-corrected chi connectivity index (χ1v) is 6.28. The van der Waals surface area contributed by atoms with Crippen LogP contribution in [0.1, 0.15) is 23.9 Å². The molecular formula is C15H19FN2. The minimum atomic E-state index is -0.200. The van der Waals surface area contributed by atoms with Gasteiger partial charge in [-0.2, -0.15) is 0 Å². The van der Waals surface area contributed by atoms with Crippen molar-refractivity contribution in [2.45, 2.75) is 27.3 Å². The lowest BCUT2D eigenvalue weighted by atomic mass is 10.2. The van der Waals surface area contributed by atoms with Crippen LogP contribution >= 0.6 is 0 Å². The average Bonchev–Trinajstić information content (AvgIpc) is 2.63. The SMILES string of the molecule is CCNCc1cc(C)n(-c2ccc(F)cc2)c1C. The topological polar surface area (TPSA) is 17.0 Å². The molecule has 0 aliphatic heterocycles. The van der Waals surface area contributed by atoms with E-state index in [2.05, 4.69) is 36.7 Å². The van der Waals surface area contributed by atoms with Gasteiger partial charge in [0.2, 0.25) is 0 Å². The van der Waals surface area contributed by atoms with Crippen LogP contribution in [0.4, 0.5) is 4.39 Å². The minimum Gasteiger partial charge on any atom is -0.318 e. The first-order chi connectivity index (χ1) is 8.63. The van der Waals surface area contributed by atoms with Crippen LogP contribution in [-0.4, -0.2) is 11.1 Å². The first kappa shape index (κ1) is 12.8. The molecule has 0 bridgehead atoms. The van der Waals surface area contributed by atoms with E-state index in [4.69, 9.17) is 0 Å². The molecule has 0 atom stereocenters. The number of hydrogen-bond acceptors (Lipinski definition) is 1. The van der Waals surface area contributed by atoms with Crippen LogP contribution < -0.4 is 5.32 Å². The molecule has 0 amide bonds. The molecule has 1 N–H and O–H groups in total. The van der Waals surface area contributed by atoms with Crippen molar-refractivity contribution >= 4 is 0 Å². The number of benzene rings is 1. The normalized spacial score (nSPS) is 10.9. The molecule has 0 aliphatic carbocycles. The number of aryl methyl sites for hydroxylation is 1. The zero-order valence-electron chi connectivity index (χ0n) is 11.1. The van der Waals surface area contributed by atoms with Gasteiger partial charge in [0.15, 0.2) is 0 Å². The summed E-state index contributed by atoms with van der Waals surface area (Å²) in [6, 6.07) is 8.80. The van der Waals surface area contributed by atoms with Crippen LogP contribution in [0.2, 0.25) is 0 Å². The predicted molar refractivity (Wildman–Crippen MR) is 72.6 cm³/mol. The summed E-state index contributed by atoms with van der Waals surface area (Å²) in [5.74, 6) is -0.200. The van der Waals surface area contributed by atoms with Gasteiger partial charge in [0.05, 0.1) is 0 Å². The Bertz CT molecular complexity index is 526. The van der Waals surface area contributed by atoms with Gasteiger partial charge in [-0.05, 0) is 56.3 Å². The van der Waals surface area contributed by atoms with Crippen molar-refractivity contribution in [2.24, 2.45) is 0 Å². The van der Waals surface area contributed by atoms with Gasteiger partial charge in [-0.15, -0.1) is 0 Å². The van der Waals surface area contributed by atoms with E-state index in [9.17, 15) is 4.39 Å². The molecule has 96 valence electrons. The maximum absolute atomic E-state index is 13.0. The number of nitrogens with one attached hydrogen (secondary N) is 1. The fourth-order valence-corrected chi connectivity index (χ4v) is 2.26. The van der Waals surface area contributed by atoms with Crippen LogP contribution in [0.25, 0.3) is 5.69 Å². The van der Waals surface area contributed by atoms with E-state index in [1.54, 1.807) is 0 Å². The van der Waals surface area contributed by atoms with Gasteiger partial charge in [0.1, 0.15) is 5.82 Å². The molecule has 0 saturated carbocycles. The quantitative estimate of drug-likeness (QED) is 0.875. The lowest BCUT2D eigenvalue weighted by Crippen LogP contribution is -2.12. The Morgan fingerprint density at radius 2 is 1.83 bits per heavy atom. The third-order valence-electron chi connectivity index (χ3n) is 3.19. The zero-order chi connectivity index (χ0) is 13.1. The fraction of sp³-hybridized carbons (Fsp3) is 0.333. The Labute approximate surface area is 107 Å². The van der Waals surface area contributed by atoms with E-state index >= 15 is 0 Å². The molecule has 0 radical (unpaired) electrons. The van der Waals surface area contributed by atoms with Gasteiger partial charge in [-0.3, -0.25) is 0 Å². The number of halogens is 1. The number of rotatable bonds is 4. The van der Waals surface area contributed by atoms with Gasteiger partial charge in [-0.25, -0.2) is 4.39 Å². The summed E-state index contributed by atoms with van der Waals surface area (Å²) in [5, 5.41) is 3.33. The molecule has 1 aromatic heterocycles.